The predicted molar refractivity (Wildman–Crippen MR) is 216 cm³/mol. The number of thiophene rings is 1. The molecule has 0 fully saturated rings. The molecule has 9 rings (SSSR count). The van der Waals surface area contributed by atoms with Crippen molar-refractivity contribution in [2.75, 3.05) is 4.90 Å². The zero-order valence-corrected chi connectivity index (χ0v) is 31.7. The Balaban J connectivity index is 1.45. The van der Waals surface area contributed by atoms with Crippen molar-refractivity contribution in [2.45, 2.75) is 104 Å². The normalized spacial score (nSPS) is 18.2. The van der Waals surface area contributed by atoms with Crippen molar-refractivity contribution >= 4 is 71.7 Å². The Labute approximate surface area is 297 Å². The smallest absolute Gasteiger partial charge is 0.247 e. The van der Waals surface area contributed by atoms with E-state index in [9.17, 15) is 0 Å². The van der Waals surface area contributed by atoms with Gasteiger partial charge in [-0.15, -0.1) is 11.3 Å². The second-order valence-electron chi connectivity index (χ2n) is 18.2. The van der Waals surface area contributed by atoms with Gasteiger partial charge in [-0.3, -0.25) is 0 Å². The summed E-state index contributed by atoms with van der Waals surface area (Å²) in [6, 6.07) is 33.7. The number of benzene rings is 5. The molecule has 1 nitrogen and oxygen atoms in total. The van der Waals surface area contributed by atoms with Crippen LogP contribution in [0.5, 0.6) is 0 Å². The minimum absolute atomic E-state index is 0.00594. The van der Waals surface area contributed by atoms with Crippen LogP contribution >= 0.6 is 11.3 Å². The van der Waals surface area contributed by atoms with Crippen molar-refractivity contribution < 1.29 is 0 Å². The van der Waals surface area contributed by atoms with Gasteiger partial charge in [0.2, 0.25) is 6.71 Å². The highest BCUT2D eigenvalue weighted by Gasteiger charge is 2.49. The standard InChI is InChI=1S/C46H48BNS/c1-27-15-17-29(18-16-27)48-38-23-31-30-13-11-12-14-40(30)49-41(31)26-37(38)47-36-25-33-32(44(5,6)19-20-45(33,7)8)24-34(36)46(9,10)35-21-28(43(2,3)4)22-39(48)42(35)47/h11-18,21-26H,19-20H2,1-10H3. The first kappa shape index (κ1) is 31.2. The van der Waals surface area contributed by atoms with E-state index in [0.717, 1.165) is 0 Å². The van der Waals surface area contributed by atoms with E-state index in [1.54, 1.807) is 11.1 Å². The van der Waals surface area contributed by atoms with Gasteiger partial charge in [0.25, 0.3) is 0 Å². The molecule has 0 saturated carbocycles. The number of fused-ring (bicyclic) bond motifs is 8. The van der Waals surface area contributed by atoms with Crippen LogP contribution in [0.4, 0.5) is 17.1 Å². The quantitative estimate of drug-likeness (QED) is 0.159. The highest BCUT2D eigenvalue weighted by atomic mass is 32.1. The molecular formula is C46H48BNS. The molecule has 3 heteroatoms. The average molecular weight is 658 g/mol. The van der Waals surface area contributed by atoms with E-state index in [2.05, 4.69) is 159 Å². The van der Waals surface area contributed by atoms with Crippen molar-refractivity contribution in [3.8, 4) is 0 Å². The Morgan fingerprint density at radius 1 is 0.633 bits per heavy atom. The zero-order valence-electron chi connectivity index (χ0n) is 30.9. The van der Waals surface area contributed by atoms with Crippen LogP contribution in [0.1, 0.15) is 109 Å². The lowest BCUT2D eigenvalue weighted by Crippen LogP contribution is -2.64. The van der Waals surface area contributed by atoms with E-state index >= 15 is 0 Å². The third-order valence-electron chi connectivity index (χ3n) is 12.6. The van der Waals surface area contributed by atoms with E-state index in [0.29, 0.717) is 0 Å². The number of hydrogen-bond donors (Lipinski definition) is 0. The van der Waals surface area contributed by atoms with Gasteiger partial charge in [-0.2, -0.15) is 0 Å². The lowest BCUT2D eigenvalue weighted by Gasteiger charge is -2.49. The van der Waals surface area contributed by atoms with Crippen LogP contribution in [0, 0.1) is 6.92 Å². The molecule has 0 N–H and O–H groups in total. The van der Waals surface area contributed by atoms with E-state index < -0.39 is 0 Å². The Bertz CT molecular complexity index is 2360. The molecule has 0 radical (unpaired) electrons. The summed E-state index contributed by atoms with van der Waals surface area (Å²) >= 11 is 1.94. The van der Waals surface area contributed by atoms with E-state index in [1.165, 1.54) is 88.7 Å². The Morgan fingerprint density at radius 3 is 2.00 bits per heavy atom. The third kappa shape index (κ3) is 4.37. The van der Waals surface area contributed by atoms with Gasteiger partial charge in [0.15, 0.2) is 0 Å². The van der Waals surface area contributed by atoms with Crippen molar-refractivity contribution in [1.29, 1.82) is 0 Å². The van der Waals surface area contributed by atoms with Crippen LogP contribution in [0.15, 0.2) is 84.9 Å². The molecule has 1 aromatic heterocycles. The minimum Gasteiger partial charge on any atom is -0.311 e. The Kier molecular flexibility index (Phi) is 6.31. The summed E-state index contributed by atoms with van der Waals surface area (Å²) in [6.07, 6.45) is 2.44. The van der Waals surface area contributed by atoms with Crippen molar-refractivity contribution in [2.24, 2.45) is 0 Å². The van der Waals surface area contributed by atoms with Crippen LogP contribution < -0.4 is 21.3 Å². The maximum absolute atomic E-state index is 2.68. The highest BCUT2D eigenvalue weighted by Crippen LogP contribution is 2.50. The molecule has 3 heterocycles. The summed E-state index contributed by atoms with van der Waals surface area (Å²) in [5, 5.41) is 2.71. The Morgan fingerprint density at radius 2 is 1.31 bits per heavy atom. The van der Waals surface area contributed by atoms with Gasteiger partial charge in [0.1, 0.15) is 0 Å². The van der Waals surface area contributed by atoms with Gasteiger partial charge in [-0.25, -0.2) is 0 Å². The van der Waals surface area contributed by atoms with Gasteiger partial charge in [0, 0.05) is 42.6 Å². The number of anilines is 3. The SMILES string of the molecule is Cc1ccc(N2c3cc4c(cc3B3c5cc6c(cc5C(C)(C)c5cc(C(C)(C)C)cc2c53)C(C)(C)CCC6(C)C)sc2ccccc24)cc1. The van der Waals surface area contributed by atoms with Crippen LogP contribution in [0.2, 0.25) is 0 Å². The number of aryl methyl sites for hydroxylation is 1. The fourth-order valence-corrected chi connectivity index (χ4v) is 10.5. The van der Waals surface area contributed by atoms with E-state index in [4.69, 9.17) is 0 Å². The molecular weight excluding hydrogens is 609 g/mol. The van der Waals surface area contributed by atoms with Crippen molar-refractivity contribution in [1.82, 2.24) is 0 Å². The van der Waals surface area contributed by atoms with Crippen LogP contribution in [-0.4, -0.2) is 6.71 Å². The largest absolute Gasteiger partial charge is 0.311 e. The molecule has 5 aromatic carbocycles. The second-order valence-corrected chi connectivity index (χ2v) is 19.3. The molecule has 3 aliphatic rings. The molecule has 0 bridgehead atoms. The number of rotatable bonds is 1. The number of hydrogen-bond acceptors (Lipinski definition) is 2. The molecule has 0 amide bonds. The fraction of sp³-hybridized carbons (Fsp3) is 0.348. The molecule has 246 valence electrons. The molecule has 6 aromatic rings. The number of nitrogens with zero attached hydrogens (tertiary/aromatic N) is 1. The second kappa shape index (κ2) is 9.91. The molecule has 49 heavy (non-hydrogen) atoms. The summed E-state index contributed by atoms with van der Waals surface area (Å²) in [6.45, 7) is 24.4. The van der Waals surface area contributed by atoms with Crippen LogP contribution in [-0.2, 0) is 21.7 Å². The first-order valence-corrected chi connectivity index (χ1v) is 19.1. The average Bonchev–Trinajstić information content (AvgIpc) is 3.41. The van der Waals surface area contributed by atoms with Gasteiger partial charge in [-0.1, -0.05) is 122 Å². The van der Waals surface area contributed by atoms with Crippen molar-refractivity contribution in [3.63, 3.8) is 0 Å². The lowest BCUT2D eigenvalue weighted by molar-refractivity contribution is 0.331. The summed E-state index contributed by atoms with van der Waals surface area (Å²) in [5.74, 6) is 0. The van der Waals surface area contributed by atoms with Crippen LogP contribution in [0.3, 0.4) is 0 Å². The maximum atomic E-state index is 2.68. The monoisotopic (exact) mass is 657 g/mol. The van der Waals surface area contributed by atoms with Crippen molar-refractivity contribution in [3.05, 3.63) is 118 Å². The predicted octanol–water partition coefficient (Wildman–Crippen LogP) is 10.9. The maximum Gasteiger partial charge on any atom is 0.247 e. The fourth-order valence-electron chi connectivity index (χ4n) is 9.41. The minimum atomic E-state index is -0.151. The molecule has 0 unspecified atom stereocenters. The van der Waals surface area contributed by atoms with Gasteiger partial charge in [-0.05, 0) is 111 Å². The van der Waals surface area contributed by atoms with Crippen LogP contribution in [0.25, 0.3) is 20.2 Å². The van der Waals surface area contributed by atoms with Gasteiger partial charge in [0.05, 0.1) is 0 Å². The molecule has 1 aliphatic carbocycles. The molecule has 2 aliphatic heterocycles. The lowest BCUT2D eigenvalue weighted by atomic mass is 9.29. The van der Waals surface area contributed by atoms with E-state index in [1.807, 2.05) is 11.3 Å². The highest BCUT2D eigenvalue weighted by molar-refractivity contribution is 7.26. The summed E-state index contributed by atoms with van der Waals surface area (Å²) in [4.78, 5) is 2.61. The Hall–Kier alpha value is -3.82. The summed E-state index contributed by atoms with van der Waals surface area (Å²) < 4.78 is 2.74. The molecule has 0 saturated heterocycles. The van der Waals surface area contributed by atoms with Gasteiger partial charge < -0.3 is 4.90 Å². The van der Waals surface area contributed by atoms with Gasteiger partial charge >= 0.3 is 0 Å². The zero-order chi connectivity index (χ0) is 34.4. The first-order valence-electron chi connectivity index (χ1n) is 18.3. The molecule has 0 spiro atoms. The summed E-state index contributed by atoms with van der Waals surface area (Å²) in [5.41, 5.74) is 17.3. The first-order chi connectivity index (χ1) is 23.1. The summed E-state index contributed by atoms with van der Waals surface area (Å²) in [7, 11) is 0. The topological polar surface area (TPSA) is 3.24 Å². The third-order valence-corrected chi connectivity index (χ3v) is 13.7. The molecule has 0 atom stereocenters. The van der Waals surface area contributed by atoms with E-state index in [-0.39, 0.29) is 28.4 Å².